The number of nitrogens with zero attached hydrogens (tertiary/aromatic N) is 1. The average molecular weight is 477 g/mol. The smallest absolute Gasteiger partial charge is 0.263 e. The Balaban J connectivity index is 1.84. The maximum Gasteiger partial charge on any atom is 0.263 e. The van der Waals surface area contributed by atoms with Gasteiger partial charge in [-0.05, 0) is 43.2 Å². The van der Waals surface area contributed by atoms with Crippen LogP contribution in [-0.2, 0) is 21.2 Å². The lowest BCUT2D eigenvalue weighted by Gasteiger charge is -2.31. The lowest BCUT2D eigenvalue weighted by Crippen LogP contribution is -2.46. The number of rotatable bonds is 6. The lowest BCUT2D eigenvalue weighted by molar-refractivity contribution is -0.140. The van der Waals surface area contributed by atoms with E-state index >= 15 is 0 Å². The topological polar surface area (TPSA) is 63.7 Å². The van der Waals surface area contributed by atoms with Gasteiger partial charge >= 0.3 is 0 Å². The van der Waals surface area contributed by atoms with Gasteiger partial charge in [0.05, 0.1) is 16.5 Å². The van der Waals surface area contributed by atoms with Crippen molar-refractivity contribution in [2.24, 2.45) is 0 Å². The number of sulfone groups is 1. The van der Waals surface area contributed by atoms with E-state index in [4.69, 9.17) is 39.5 Å². The van der Waals surface area contributed by atoms with Crippen LogP contribution in [0.25, 0.3) is 0 Å². The predicted octanol–water partition coefficient (Wildman–Crippen LogP) is 4.63. The molecule has 2 aromatic rings. The molecule has 2 unspecified atom stereocenters. The highest BCUT2D eigenvalue weighted by Gasteiger charge is 2.37. The van der Waals surface area contributed by atoms with Crippen molar-refractivity contribution in [1.82, 2.24) is 4.90 Å². The van der Waals surface area contributed by atoms with Crippen LogP contribution in [0.1, 0.15) is 18.9 Å². The van der Waals surface area contributed by atoms with E-state index in [9.17, 15) is 13.2 Å². The zero-order valence-corrected chi connectivity index (χ0v) is 18.7. The van der Waals surface area contributed by atoms with Gasteiger partial charge in [-0.15, -0.1) is 0 Å². The Morgan fingerprint density at radius 1 is 1.17 bits per heavy atom. The molecule has 2 atom stereocenters. The Morgan fingerprint density at radius 2 is 1.90 bits per heavy atom. The van der Waals surface area contributed by atoms with Crippen molar-refractivity contribution in [2.75, 3.05) is 11.5 Å². The first-order valence-corrected chi connectivity index (χ1v) is 12.0. The fourth-order valence-electron chi connectivity index (χ4n) is 3.26. The molecule has 0 radical (unpaired) electrons. The standard InChI is InChI=1S/C20H20Cl3NO4S/c1-13(28-19-7-6-15(21)10-18(19)23)20(25)24(16-8-9-29(26,27)12-16)11-14-4-2-3-5-17(14)22/h2-7,10,13,16H,8-9,11-12H2,1H3. The molecule has 0 aliphatic carbocycles. The maximum absolute atomic E-state index is 13.2. The molecule has 0 bridgehead atoms. The van der Waals surface area contributed by atoms with E-state index < -0.39 is 22.0 Å². The quantitative estimate of drug-likeness (QED) is 0.610. The molecule has 1 saturated heterocycles. The zero-order valence-electron chi connectivity index (χ0n) is 15.6. The number of hydrogen-bond donors (Lipinski definition) is 0. The first-order valence-electron chi connectivity index (χ1n) is 9.02. The summed E-state index contributed by atoms with van der Waals surface area (Å²) in [5.74, 6) is -0.0217. The summed E-state index contributed by atoms with van der Waals surface area (Å²) in [6, 6.07) is 11.5. The summed E-state index contributed by atoms with van der Waals surface area (Å²) < 4.78 is 29.8. The maximum atomic E-state index is 13.2. The van der Waals surface area contributed by atoms with Crippen LogP contribution in [0.5, 0.6) is 5.75 Å². The highest BCUT2D eigenvalue weighted by molar-refractivity contribution is 7.91. The zero-order chi connectivity index (χ0) is 21.2. The third-order valence-corrected chi connectivity index (χ3v) is 7.43. The fraction of sp³-hybridized carbons (Fsp3) is 0.350. The molecule has 1 aliphatic rings. The Bertz CT molecular complexity index is 1010. The van der Waals surface area contributed by atoms with Gasteiger partial charge in [0.15, 0.2) is 15.9 Å². The summed E-state index contributed by atoms with van der Waals surface area (Å²) in [6.45, 7) is 1.80. The number of benzene rings is 2. The predicted molar refractivity (Wildman–Crippen MR) is 116 cm³/mol. The van der Waals surface area contributed by atoms with Gasteiger partial charge in [-0.1, -0.05) is 53.0 Å². The fourth-order valence-corrected chi connectivity index (χ4v) is 5.64. The molecular formula is C20H20Cl3NO4S. The van der Waals surface area contributed by atoms with Gasteiger partial charge in [-0.25, -0.2) is 8.42 Å². The second kappa shape index (κ2) is 9.13. The van der Waals surface area contributed by atoms with Gasteiger partial charge in [0.2, 0.25) is 0 Å². The normalized spacial score (nSPS) is 19.0. The van der Waals surface area contributed by atoms with Crippen molar-refractivity contribution in [3.8, 4) is 5.75 Å². The number of carbonyl (C=O) groups excluding carboxylic acids is 1. The summed E-state index contributed by atoms with van der Waals surface area (Å²) >= 11 is 18.3. The summed E-state index contributed by atoms with van der Waals surface area (Å²) in [5.41, 5.74) is 0.739. The summed E-state index contributed by atoms with van der Waals surface area (Å²) in [7, 11) is -3.18. The highest BCUT2D eigenvalue weighted by atomic mass is 35.5. The van der Waals surface area contributed by atoms with Crippen LogP contribution in [0, 0.1) is 0 Å². The van der Waals surface area contributed by atoms with E-state index in [2.05, 4.69) is 0 Å². The van der Waals surface area contributed by atoms with E-state index in [1.807, 2.05) is 12.1 Å². The molecule has 5 nitrogen and oxygen atoms in total. The van der Waals surface area contributed by atoms with Crippen molar-refractivity contribution >= 4 is 50.5 Å². The van der Waals surface area contributed by atoms with E-state index in [1.165, 1.54) is 6.07 Å². The minimum atomic E-state index is -3.18. The van der Waals surface area contributed by atoms with Crippen molar-refractivity contribution in [3.63, 3.8) is 0 Å². The SMILES string of the molecule is CC(Oc1ccc(Cl)cc1Cl)C(=O)N(Cc1ccccc1Cl)C1CCS(=O)(=O)C1. The number of ether oxygens (including phenoxy) is 1. The minimum Gasteiger partial charge on any atom is -0.479 e. The molecule has 1 aliphatic heterocycles. The van der Waals surface area contributed by atoms with Gasteiger partial charge in [0.25, 0.3) is 5.91 Å². The Labute approximate surface area is 185 Å². The number of carbonyl (C=O) groups is 1. The first kappa shape index (κ1) is 22.2. The molecule has 0 saturated carbocycles. The summed E-state index contributed by atoms with van der Waals surface area (Å²) in [4.78, 5) is 14.8. The van der Waals surface area contributed by atoms with Gasteiger partial charge in [-0.3, -0.25) is 4.79 Å². The van der Waals surface area contributed by atoms with Crippen molar-refractivity contribution in [3.05, 3.63) is 63.1 Å². The Kier molecular flexibility index (Phi) is 6.99. The van der Waals surface area contributed by atoms with Crippen LogP contribution in [0.4, 0.5) is 0 Å². The second-order valence-corrected chi connectivity index (χ2v) is 10.4. The summed E-state index contributed by atoms with van der Waals surface area (Å²) in [6.07, 6.45) is -0.494. The van der Waals surface area contributed by atoms with E-state index in [-0.39, 0.29) is 24.0 Å². The van der Waals surface area contributed by atoms with Crippen molar-refractivity contribution < 1.29 is 17.9 Å². The Hall–Kier alpha value is -1.47. The van der Waals surface area contributed by atoms with Gasteiger partial charge in [-0.2, -0.15) is 0 Å². The van der Waals surface area contributed by atoms with E-state index in [1.54, 1.807) is 36.1 Å². The molecular weight excluding hydrogens is 457 g/mol. The number of amides is 1. The van der Waals surface area contributed by atoms with Gasteiger partial charge < -0.3 is 9.64 Å². The molecule has 9 heteroatoms. The molecule has 3 rings (SSSR count). The number of hydrogen-bond acceptors (Lipinski definition) is 4. The monoisotopic (exact) mass is 475 g/mol. The molecule has 0 N–H and O–H groups in total. The highest BCUT2D eigenvalue weighted by Crippen LogP contribution is 2.29. The van der Waals surface area contributed by atoms with Gasteiger partial charge in [0.1, 0.15) is 5.75 Å². The van der Waals surface area contributed by atoms with Crippen LogP contribution < -0.4 is 4.74 Å². The van der Waals surface area contributed by atoms with Crippen LogP contribution >= 0.6 is 34.8 Å². The van der Waals surface area contributed by atoms with Crippen LogP contribution in [0.2, 0.25) is 15.1 Å². The van der Waals surface area contributed by atoms with Crippen LogP contribution in [0.15, 0.2) is 42.5 Å². The minimum absolute atomic E-state index is 0.0578. The molecule has 0 spiro atoms. The Morgan fingerprint density at radius 3 is 2.52 bits per heavy atom. The van der Waals surface area contributed by atoms with Crippen molar-refractivity contribution in [1.29, 1.82) is 0 Å². The van der Waals surface area contributed by atoms with E-state index in [0.29, 0.717) is 27.2 Å². The second-order valence-electron chi connectivity index (χ2n) is 6.95. The molecule has 0 aromatic heterocycles. The molecule has 1 amide bonds. The largest absolute Gasteiger partial charge is 0.479 e. The third kappa shape index (κ3) is 5.57. The number of halogens is 3. The lowest BCUT2D eigenvalue weighted by atomic mass is 10.1. The van der Waals surface area contributed by atoms with Crippen LogP contribution in [0.3, 0.4) is 0 Å². The molecule has 2 aromatic carbocycles. The van der Waals surface area contributed by atoms with Crippen LogP contribution in [-0.4, -0.2) is 42.9 Å². The first-order chi connectivity index (χ1) is 13.7. The molecule has 156 valence electrons. The van der Waals surface area contributed by atoms with Crippen molar-refractivity contribution in [2.45, 2.75) is 32.0 Å². The average Bonchev–Trinajstić information content (AvgIpc) is 3.02. The third-order valence-electron chi connectivity index (χ3n) is 4.78. The molecule has 1 heterocycles. The molecule has 29 heavy (non-hydrogen) atoms. The molecule has 1 fully saturated rings. The van der Waals surface area contributed by atoms with Gasteiger partial charge in [0, 0.05) is 22.6 Å². The van der Waals surface area contributed by atoms with E-state index in [0.717, 1.165) is 5.56 Å². The summed E-state index contributed by atoms with van der Waals surface area (Å²) in [5, 5.41) is 1.26.